The highest BCUT2D eigenvalue weighted by molar-refractivity contribution is 5.38. The Bertz CT molecular complexity index is 612. The van der Waals surface area contributed by atoms with Crippen LogP contribution >= 0.6 is 0 Å². The third kappa shape index (κ3) is 2.69. The van der Waals surface area contributed by atoms with Crippen molar-refractivity contribution in [2.45, 2.75) is 84.7 Å². The summed E-state index contributed by atoms with van der Waals surface area (Å²) in [5.41, 5.74) is 4.14. The molecule has 1 N–H and O–H groups in total. The lowest BCUT2D eigenvalue weighted by atomic mass is 9.50. The van der Waals surface area contributed by atoms with Gasteiger partial charge < -0.3 is 5.11 Å². The van der Waals surface area contributed by atoms with Crippen molar-refractivity contribution in [1.29, 1.82) is 0 Å². The first-order valence-electron chi connectivity index (χ1n) is 10.7. The molecule has 0 aromatic carbocycles. The molecule has 4 aliphatic rings. The van der Waals surface area contributed by atoms with Crippen LogP contribution in [-0.4, -0.2) is 11.2 Å². The van der Waals surface area contributed by atoms with Crippen LogP contribution < -0.4 is 0 Å². The second kappa shape index (κ2) is 6.41. The summed E-state index contributed by atoms with van der Waals surface area (Å²) in [4.78, 5) is 0. The van der Waals surface area contributed by atoms with E-state index in [0.29, 0.717) is 10.8 Å². The third-order valence-corrected chi connectivity index (χ3v) is 8.56. The molecule has 138 valence electrons. The van der Waals surface area contributed by atoms with Gasteiger partial charge in [0.1, 0.15) is 0 Å². The average Bonchev–Trinajstić information content (AvgIpc) is 2.92. The number of hydrogen-bond donors (Lipinski definition) is 1. The first kappa shape index (κ1) is 17.6. The first-order valence-corrected chi connectivity index (χ1v) is 10.7. The maximum absolute atomic E-state index is 10.1. The Balaban J connectivity index is 1.61. The Labute approximate surface area is 154 Å². The molecule has 0 radical (unpaired) electrons. The fraction of sp³-hybridized carbons (Fsp3) is 0.750. The summed E-state index contributed by atoms with van der Waals surface area (Å²) in [6.45, 7) is 7.33. The van der Waals surface area contributed by atoms with Crippen molar-refractivity contribution in [2.75, 3.05) is 0 Å². The molecule has 1 nitrogen and oxygen atoms in total. The molecule has 0 saturated heterocycles. The van der Waals surface area contributed by atoms with Crippen molar-refractivity contribution < 1.29 is 5.11 Å². The van der Waals surface area contributed by atoms with Crippen LogP contribution in [0.15, 0.2) is 35.5 Å². The molecule has 4 aliphatic carbocycles. The van der Waals surface area contributed by atoms with Gasteiger partial charge in [0.2, 0.25) is 0 Å². The predicted octanol–water partition coefficient (Wildman–Crippen LogP) is 6.20. The first-order chi connectivity index (χ1) is 12.0. The van der Waals surface area contributed by atoms with E-state index >= 15 is 0 Å². The Morgan fingerprint density at radius 3 is 2.68 bits per heavy atom. The highest BCUT2D eigenvalue weighted by atomic mass is 16.3. The maximum atomic E-state index is 10.1. The molecule has 0 bridgehead atoms. The number of aliphatic hydroxyl groups is 1. The summed E-state index contributed by atoms with van der Waals surface area (Å²) >= 11 is 0. The van der Waals surface area contributed by atoms with Gasteiger partial charge in [-0.1, -0.05) is 56.2 Å². The van der Waals surface area contributed by atoms with Gasteiger partial charge in [-0.3, -0.25) is 0 Å². The fourth-order valence-corrected chi connectivity index (χ4v) is 6.90. The minimum absolute atomic E-state index is 0.107. The van der Waals surface area contributed by atoms with E-state index in [1.807, 2.05) is 0 Å². The van der Waals surface area contributed by atoms with Crippen LogP contribution in [0.1, 0.15) is 78.6 Å². The Hall–Kier alpha value is -0.820. The largest absolute Gasteiger partial charge is 0.393 e. The quantitative estimate of drug-likeness (QED) is 0.606. The van der Waals surface area contributed by atoms with Crippen LogP contribution in [0.3, 0.4) is 0 Å². The van der Waals surface area contributed by atoms with Gasteiger partial charge in [-0.15, -0.1) is 0 Å². The van der Waals surface area contributed by atoms with Crippen LogP contribution in [-0.2, 0) is 0 Å². The smallest absolute Gasteiger partial charge is 0.0578 e. The van der Waals surface area contributed by atoms with Crippen LogP contribution in [0.5, 0.6) is 0 Å². The summed E-state index contributed by atoms with van der Waals surface area (Å²) in [6, 6.07) is 0. The SMILES string of the molecule is CC/C=C/CC1CCC2C3=CC=C4CC(O)CCC4(C)C3CCC12C. The molecule has 0 aromatic rings. The maximum Gasteiger partial charge on any atom is 0.0578 e. The lowest BCUT2D eigenvalue weighted by Crippen LogP contribution is -2.45. The molecule has 0 heterocycles. The van der Waals surface area contributed by atoms with Gasteiger partial charge in [-0.25, -0.2) is 0 Å². The summed E-state index contributed by atoms with van der Waals surface area (Å²) in [5.74, 6) is 2.41. The Morgan fingerprint density at radius 1 is 1.04 bits per heavy atom. The number of rotatable bonds is 3. The van der Waals surface area contributed by atoms with E-state index < -0.39 is 0 Å². The number of hydrogen-bond acceptors (Lipinski definition) is 1. The minimum Gasteiger partial charge on any atom is -0.393 e. The topological polar surface area (TPSA) is 20.2 Å². The second-order valence-corrected chi connectivity index (χ2v) is 9.71. The molecule has 6 unspecified atom stereocenters. The highest BCUT2D eigenvalue weighted by Crippen LogP contribution is 2.65. The van der Waals surface area contributed by atoms with Gasteiger partial charge in [0.05, 0.1) is 6.10 Å². The van der Waals surface area contributed by atoms with E-state index in [1.54, 1.807) is 5.57 Å². The van der Waals surface area contributed by atoms with Crippen molar-refractivity contribution in [1.82, 2.24) is 0 Å². The summed E-state index contributed by atoms with van der Waals surface area (Å²) in [5, 5.41) is 10.1. The van der Waals surface area contributed by atoms with Crippen LogP contribution in [0.2, 0.25) is 0 Å². The van der Waals surface area contributed by atoms with Crippen molar-refractivity contribution >= 4 is 0 Å². The van der Waals surface area contributed by atoms with Crippen LogP contribution in [0, 0.1) is 28.6 Å². The Morgan fingerprint density at radius 2 is 1.88 bits per heavy atom. The average molecular weight is 341 g/mol. The molecular formula is C24H36O. The molecule has 0 aliphatic heterocycles. The molecule has 1 heteroatoms. The van der Waals surface area contributed by atoms with E-state index in [4.69, 9.17) is 0 Å². The monoisotopic (exact) mass is 340 g/mol. The molecule has 3 saturated carbocycles. The van der Waals surface area contributed by atoms with Crippen molar-refractivity contribution in [3.05, 3.63) is 35.5 Å². The highest BCUT2D eigenvalue weighted by Gasteiger charge is 2.55. The zero-order valence-corrected chi connectivity index (χ0v) is 16.4. The van der Waals surface area contributed by atoms with Gasteiger partial charge in [0, 0.05) is 0 Å². The molecule has 6 atom stereocenters. The Kier molecular flexibility index (Phi) is 4.51. The summed E-state index contributed by atoms with van der Waals surface area (Å²) in [6.07, 6.45) is 20.7. The van der Waals surface area contributed by atoms with E-state index in [2.05, 4.69) is 45.1 Å². The van der Waals surface area contributed by atoms with E-state index in [1.165, 1.54) is 44.1 Å². The fourth-order valence-electron chi connectivity index (χ4n) is 6.90. The molecule has 4 rings (SSSR count). The van der Waals surface area contributed by atoms with Gasteiger partial charge in [0.15, 0.2) is 0 Å². The zero-order valence-electron chi connectivity index (χ0n) is 16.4. The number of fused-ring (bicyclic) bond motifs is 5. The molecular weight excluding hydrogens is 304 g/mol. The van der Waals surface area contributed by atoms with E-state index in [9.17, 15) is 5.11 Å². The predicted molar refractivity (Wildman–Crippen MR) is 105 cm³/mol. The van der Waals surface area contributed by atoms with E-state index in [0.717, 1.165) is 37.0 Å². The number of aliphatic hydroxyl groups excluding tert-OH is 1. The van der Waals surface area contributed by atoms with Gasteiger partial charge in [-0.05, 0) is 86.4 Å². The second-order valence-electron chi connectivity index (χ2n) is 9.71. The molecule has 0 aromatic heterocycles. The normalized spacial score (nSPS) is 46.2. The molecule has 3 fully saturated rings. The van der Waals surface area contributed by atoms with Gasteiger partial charge in [0.25, 0.3) is 0 Å². The molecule has 25 heavy (non-hydrogen) atoms. The minimum atomic E-state index is -0.107. The lowest BCUT2D eigenvalue weighted by molar-refractivity contribution is 0.0453. The summed E-state index contributed by atoms with van der Waals surface area (Å²) < 4.78 is 0. The van der Waals surface area contributed by atoms with Crippen LogP contribution in [0.4, 0.5) is 0 Å². The van der Waals surface area contributed by atoms with E-state index in [-0.39, 0.29) is 6.10 Å². The van der Waals surface area contributed by atoms with Crippen molar-refractivity contribution in [3.63, 3.8) is 0 Å². The van der Waals surface area contributed by atoms with Gasteiger partial charge in [-0.2, -0.15) is 0 Å². The molecule has 0 amide bonds. The summed E-state index contributed by atoms with van der Waals surface area (Å²) in [7, 11) is 0. The third-order valence-electron chi connectivity index (χ3n) is 8.56. The lowest BCUT2D eigenvalue weighted by Gasteiger charge is -2.54. The van der Waals surface area contributed by atoms with Gasteiger partial charge >= 0.3 is 0 Å². The molecule has 0 spiro atoms. The van der Waals surface area contributed by atoms with Crippen LogP contribution in [0.25, 0.3) is 0 Å². The number of allylic oxidation sites excluding steroid dienone is 5. The van der Waals surface area contributed by atoms with Crippen molar-refractivity contribution in [2.24, 2.45) is 28.6 Å². The van der Waals surface area contributed by atoms with Crippen molar-refractivity contribution in [3.8, 4) is 0 Å². The standard InChI is InChI=1S/C24H36O/c1-4-5-6-7-17-9-11-21-20-10-8-18-16-19(25)12-14-24(18,3)22(20)13-15-23(17,21)2/h5-6,8,10,17,19,21-22,25H,4,7,9,11-16H2,1-3H3/b6-5+. The zero-order chi connectivity index (χ0) is 17.7.